The van der Waals surface area contributed by atoms with Crippen molar-refractivity contribution in [2.45, 2.75) is 32.2 Å². The molecule has 13 heavy (non-hydrogen) atoms. The Morgan fingerprint density at radius 1 is 1.62 bits per heavy atom. The maximum Gasteiger partial charge on any atom is 0.312 e. The van der Waals surface area contributed by atoms with E-state index in [4.69, 9.17) is 11.5 Å². The highest BCUT2D eigenvalue weighted by atomic mass is 16.4. The highest BCUT2D eigenvalue weighted by molar-refractivity contribution is 5.93. The lowest BCUT2D eigenvalue weighted by atomic mass is 10.1. The fourth-order valence-electron chi connectivity index (χ4n) is 0.856. The Kier molecular flexibility index (Phi) is 5.37. The van der Waals surface area contributed by atoms with Crippen LogP contribution in [0.2, 0.25) is 0 Å². The maximum absolute atomic E-state index is 10.9. The summed E-state index contributed by atoms with van der Waals surface area (Å²) in [5.41, 5.74) is 0. The van der Waals surface area contributed by atoms with Crippen molar-refractivity contribution in [3.05, 3.63) is 0 Å². The summed E-state index contributed by atoms with van der Waals surface area (Å²) < 4.78 is 0. The molecule has 0 aromatic rings. The first-order valence-electron chi connectivity index (χ1n) is 4.04. The van der Waals surface area contributed by atoms with Crippen LogP contribution in [-0.4, -0.2) is 23.0 Å². The highest BCUT2D eigenvalue weighted by Crippen LogP contribution is 1.96. The van der Waals surface area contributed by atoms with Gasteiger partial charge in [-0.15, -0.1) is 12.3 Å². The van der Waals surface area contributed by atoms with Gasteiger partial charge in [0.05, 0.1) is 0 Å². The van der Waals surface area contributed by atoms with Gasteiger partial charge in [-0.3, -0.25) is 9.59 Å². The lowest BCUT2D eigenvalue weighted by molar-refractivity contribution is -0.140. The number of rotatable bonds is 5. The molecule has 0 spiro atoms. The molecule has 0 rings (SSSR count). The van der Waals surface area contributed by atoms with Crippen molar-refractivity contribution in [3.63, 3.8) is 0 Å². The summed E-state index contributed by atoms with van der Waals surface area (Å²) in [6.45, 7) is 1.88. The SMILES string of the molecule is C#CCC(CC)NC(=O)CC(=O)O. The molecule has 1 unspecified atom stereocenters. The van der Waals surface area contributed by atoms with E-state index in [1.54, 1.807) is 0 Å². The maximum atomic E-state index is 10.9. The van der Waals surface area contributed by atoms with Crippen molar-refractivity contribution >= 4 is 11.9 Å². The normalized spacial score (nSPS) is 11.4. The Hall–Kier alpha value is -1.50. The van der Waals surface area contributed by atoms with Gasteiger partial charge >= 0.3 is 5.97 Å². The molecule has 2 N–H and O–H groups in total. The van der Waals surface area contributed by atoms with Crippen molar-refractivity contribution in [3.8, 4) is 12.3 Å². The number of carboxylic acids is 1. The molecular weight excluding hydrogens is 170 g/mol. The van der Waals surface area contributed by atoms with Gasteiger partial charge in [0.15, 0.2) is 0 Å². The number of carbonyl (C=O) groups excluding carboxylic acids is 1. The minimum absolute atomic E-state index is 0.114. The molecule has 0 saturated heterocycles. The summed E-state index contributed by atoms with van der Waals surface area (Å²) in [7, 11) is 0. The molecule has 4 heteroatoms. The van der Waals surface area contributed by atoms with Crippen molar-refractivity contribution in [2.24, 2.45) is 0 Å². The molecule has 4 nitrogen and oxygen atoms in total. The van der Waals surface area contributed by atoms with Crippen LogP contribution in [0.15, 0.2) is 0 Å². The molecule has 0 radical (unpaired) electrons. The molecule has 0 heterocycles. The molecular formula is C9H13NO3. The lowest BCUT2D eigenvalue weighted by Crippen LogP contribution is -2.35. The van der Waals surface area contributed by atoms with Crippen molar-refractivity contribution in [1.82, 2.24) is 5.32 Å². The topological polar surface area (TPSA) is 66.4 Å². The zero-order chi connectivity index (χ0) is 10.3. The third-order valence-corrected chi connectivity index (χ3v) is 1.53. The minimum Gasteiger partial charge on any atom is -0.481 e. The molecule has 0 aliphatic rings. The molecule has 0 bridgehead atoms. The first-order valence-corrected chi connectivity index (χ1v) is 4.04. The van der Waals surface area contributed by atoms with Crippen LogP contribution in [0.25, 0.3) is 0 Å². The Balaban J connectivity index is 3.88. The quantitative estimate of drug-likeness (QED) is 0.478. The molecule has 0 aromatic carbocycles. The van der Waals surface area contributed by atoms with Crippen molar-refractivity contribution in [1.29, 1.82) is 0 Å². The van der Waals surface area contributed by atoms with Gasteiger partial charge in [0.25, 0.3) is 0 Å². The Bertz CT molecular complexity index is 230. The number of nitrogens with one attached hydrogen (secondary N) is 1. The summed E-state index contributed by atoms with van der Waals surface area (Å²) in [4.78, 5) is 21.1. The molecule has 0 aromatic heterocycles. The third-order valence-electron chi connectivity index (χ3n) is 1.53. The van der Waals surface area contributed by atoms with Gasteiger partial charge in [-0.05, 0) is 6.42 Å². The van der Waals surface area contributed by atoms with Crippen molar-refractivity contribution < 1.29 is 14.7 Å². The number of carboxylic acid groups (broad SMARTS) is 1. The van der Waals surface area contributed by atoms with E-state index in [0.717, 1.165) is 0 Å². The summed E-state index contributed by atoms with van der Waals surface area (Å²) in [5.74, 6) is 0.793. The average molecular weight is 183 g/mol. The van der Waals surface area contributed by atoms with Crippen molar-refractivity contribution in [2.75, 3.05) is 0 Å². The van der Waals surface area contributed by atoms with E-state index >= 15 is 0 Å². The monoisotopic (exact) mass is 183 g/mol. The van der Waals surface area contributed by atoms with E-state index in [2.05, 4.69) is 11.2 Å². The van der Waals surface area contributed by atoms with Crippen LogP contribution in [0.4, 0.5) is 0 Å². The Morgan fingerprint density at radius 3 is 2.62 bits per heavy atom. The highest BCUT2D eigenvalue weighted by Gasteiger charge is 2.11. The second-order valence-electron chi connectivity index (χ2n) is 2.65. The standard InChI is InChI=1S/C9H13NO3/c1-3-5-7(4-2)10-8(11)6-9(12)13/h1,7H,4-6H2,2H3,(H,10,11)(H,12,13). The van der Waals surface area contributed by atoms with Crippen LogP contribution in [0.3, 0.4) is 0 Å². The van der Waals surface area contributed by atoms with E-state index in [1.807, 2.05) is 6.92 Å². The molecule has 0 saturated carbocycles. The number of hydrogen-bond donors (Lipinski definition) is 2. The summed E-state index contributed by atoms with van der Waals surface area (Å²) in [6.07, 6.45) is 5.70. The zero-order valence-corrected chi connectivity index (χ0v) is 7.54. The number of aliphatic carboxylic acids is 1. The zero-order valence-electron chi connectivity index (χ0n) is 7.54. The van der Waals surface area contributed by atoms with E-state index in [1.165, 1.54) is 0 Å². The largest absolute Gasteiger partial charge is 0.481 e. The predicted molar refractivity (Wildman–Crippen MR) is 47.9 cm³/mol. The number of carbonyl (C=O) groups is 2. The lowest BCUT2D eigenvalue weighted by Gasteiger charge is -2.12. The van der Waals surface area contributed by atoms with Gasteiger partial charge in [0.1, 0.15) is 6.42 Å². The Labute approximate surface area is 77.3 Å². The van der Waals surface area contributed by atoms with E-state index < -0.39 is 18.3 Å². The number of terminal acetylenes is 1. The second kappa shape index (κ2) is 6.06. The third kappa shape index (κ3) is 5.74. The second-order valence-corrected chi connectivity index (χ2v) is 2.65. The molecule has 1 atom stereocenters. The fourth-order valence-corrected chi connectivity index (χ4v) is 0.856. The molecule has 0 aliphatic heterocycles. The van der Waals surface area contributed by atoms with Gasteiger partial charge in [0.2, 0.25) is 5.91 Å². The van der Waals surface area contributed by atoms with Gasteiger partial charge in [-0.25, -0.2) is 0 Å². The average Bonchev–Trinajstić information content (AvgIpc) is 2.02. The molecule has 0 aliphatic carbocycles. The minimum atomic E-state index is -1.13. The molecule has 0 fully saturated rings. The smallest absolute Gasteiger partial charge is 0.312 e. The van der Waals surface area contributed by atoms with Crippen LogP contribution in [-0.2, 0) is 9.59 Å². The van der Waals surface area contributed by atoms with Crippen LogP contribution >= 0.6 is 0 Å². The van der Waals surface area contributed by atoms with Gasteiger partial charge in [0, 0.05) is 12.5 Å². The summed E-state index contributed by atoms with van der Waals surface area (Å²) in [5, 5.41) is 10.8. The predicted octanol–water partition coefficient (Wildman–Crippen LogP) is 0.379. The summed E-state index contributed by atoms with van der Waals surface area (Å²) in [6, 6.07) is -0.114. The van der Waals surface area contributed by atoms with Crippen LogP contribution in [0.1, 0.15) is 26.2 Å². The van der Waals surface area contributed by atoms with Crippen LogP contribution in [0, 0.1) is 12.3 Å². The molecule has 72 valence electrons. The van der Waals surface area contributed by atoms with Gasteiger partial charge in [-0.2, -0.15) is 0 Å². The first-order chi connectivity index (χ1) is 6.10. The van der Waals surface area contributed by atoms with Crippen LogP contribution < -0.4 is 5.32 Å². The number of hydrogen-bond acceptors (Lipinski definition) is 2. The van der Waals surface area contributed by atoms with E-state index in [9.17, 15) is 9.59 Å². The fraction of sp³-hybridized carbons (Fsp3) is 0.556. The van der Waals surface area contributed by atoms with E-state index in [0.29, 0.717) is 12.8 Å². The number of amides is 1. The Morgan fingerprint density at radius 2 is 2.23 bits per heavy atom. The van der Waals surface area contributed by atoms with Gasteiger partial charge in [-0.1, -0.05) is 6.92 Å². The van der Waals surface area contributed by atoms with E-state index in [-0.39, 0.29) is 6.04 Å². The van der Waals surface area contributed by atoms with Crippen LogP contribution in [0.5, 0.6) is 0 Å². The molecule has 1 amide bonds. The first kappa shape index (κ1) is 11.5. The summed E-state index contributed by atoms with van der Waals surface area (Å²) >= 11 is 0. The van der Waals surface area contributed by atoms with Gasteiger partial charge < -0.3 is 10.4 Å².